The van der Waals surface area contributed by atoms with Gasteiger partial charge in [0.1, 0.15) is 0 Å². The van der Waals surface area contributed by atoms with Crippen LogP contribution < -0.4 is 10.6 Å². The van der Waals surface area contributed by atoms with E-state index in [0.717, 1.165) is 12.1 Å². The Kier molecular flexibility index (Phi) is 6.45. The minimum absolute atomic E-state index is 0.0493. The molecule has 7 nitrogen and oxygen atoms in total. The van der Waals surface area contributed by atoms with E-state index in [-0.39, 0.29) is 24.7 Å². The summed E-state index contributed by atoms with van der Waals surface area (Å²) in [5, 5.41) is 7.96. The van der Waals surface area contributed by atoms with Gasteiger partial charge < -0.3 is 9.84 Å². The highest BCUT2D eigenvalue weighted by Gasteiger charge is 2.33. The number of amides is 2. The fraction of sp³-hybridized carbons (Fsp3) is 0.312. The maximum atomic E-state index is 12.8. The number of carbonyl (C=O) groups excluding carboxylic acids is 2. The Bertz CT molecular complexity index is 839. The second kappa shape index (κ2) is 8.40. The summed E-state index contributed by atoms with van der Waals surface area (Å²) in [6.45, 7) is 1.34. The van der Waals surface area contributed by atoms with E-state index in [0.29, 0.717) is 5.69 Å². The van der Waals surface area contributed by atoms with E-state index in [1.807, 2.05) is 0 Å². The number of rotatable bonds is 6. The Morgan fingerprint density at radius 1 is 1.19 bits per heavy atom. The number of anilines is 2. The van der Waals surface area contributed by atoms with E-state index in [1.165, 1.54) is 24.1 Å². The van der Waals surface area contributed by atoms with Gasteiger partial charge in [-0.05, 0) is 32.2 Å². The van der Waals surface area contributed by atoms with Crippen molar-refractivity contribution in [2.75, 3.05) is 30.8 Å². The number of nitrogens with zero attached hydrogens (tertiary/aromatic N) is 2. The van der Waals surface area contributed by atoms with Crippen LogP contribution in [-0.2, 0) is 15.8 Å². The lowest BCUT2D eigenvalue weighted by molar-refractivity contribution is -0.137. The number of nitrogens with one attached hydrogen (secondary N) is 2. The predicted molar refractivity (Wildman–Crippen MR) is 92.5 cm³/mol. The van der Waals surface area contributed by atoms with Gasteiger partial charge in [-0.1, -0.05) is 16.8 Å². The number of hydrogen-bond donors (Lipinski definition) is 2. The van der Waals surface area contributed by atoms with E-state index in [4.69, 9.17) is 16.1 Å². The van der Waals surface area contributed by atoms with Gasteiger partial charge in [0.15, 0.2) is 0 Å². The molecule has 1 aromatic heterocycles. The van der Waals surface area contributed by atoms with Gasteiger partial charge in [-0.25, -0.2) is 0 Å². The predicted octanol–water partition coefficient (Wildman–Crippen LogP) is 3.16. The van der Waals surface area contributed by atoms with Crippen LogP contribution in [0, 0.1) is 6.92 Å². The zero-order valence-electron chi connectivity index (χ0n) is 14.4. The van der Waals surface area contributed by atoms with Crippen molar-refractivity contribution >= 4 is 35.0 Å². The fourth-order valence-corrected chi connectivity index (χ4v) is 2.39. The van der Waals surface area contributed by atoms with Gasteiger partial charge in [0.25, 0.3) is 0 Å². The number of likely N-dealkylation sites (N-methyl/N-ethyl adjacent to an activating group) is 1. The maximum absolute atomic E-state index is 12.8. The van der Waals surface area contributed by atoms with Crippen molar-refractivity contribution < 1.29 is 27.3 Å². The SMILES string of the molecule is Cc1cc(NC(=O)CN(C)CC(=O)Nc2ccc(Cl)c(C(F)(F)F)c2)on1. The third-order valence-electron chi connectivity index (χ3n) is 3.27. The molecule has 0 unspecified atom stereocenters. The Hall–Kier alpha value is -2.59. The highest BCUT2D eigenvalue weighted by molar-refractivity contribution is 6.31. The second-order valence-corrected chi connectivity index (χ2v) is 6.20. The summed E-state index contributed by atoms with van der Waals surface area (Å²) in [7, 11) is 1.51. The number of alkyl halides is 3. The molecule has 1 aromatic carbocycles. The molecule has 0 saturated carbocycles. The Morgan fingerprint density at radius 2 is 1.81 bits per heavy atom. The van der Waals surface area contributed by atoms with E-state index in [1.54, 1.807) is 6.92 Å². The van der Waals surface area contributed by atoms with E-state index >= 15 is 0 Å². The maximum Gasteiger partial charge on any atom is 0.417 e. The zero-order chi connectivity index (χ0) is 20.2. The van der Waals surface area contributed by atoms with Crippen LogP contribution in [0.4, 0.5) is 24.7 Å². The summed E-state index contributed by atoms with van der Waals surface area (Å²) < 4.78 is 43.4. The summed E-state index contributed by atoms with van der Waals surface area (Å²) in [5.41, 5.74) is -0.497. The number of halogens is 4. The molecule has 0 aliphatic rings. The van der Waals surface area contributed by atoms with Crippen LogP contribution in [0.5, 0.6) is 0 Å². The van der Waals surface area contributed by atoms with Crippen LogP contribution in [0.15, 0.2) is 28.8 Å². The van der Waals surface area contributed by atoms with E-state index in [9.17, 15) is 22.8 Å². The standard InChI is InChI=1S/C16H16ClF3N4O3/c1-9-5-15(27-23-9)22-14(26)8-24(2)7-13(25)21-10-3-4-12(17)11(6-10)16(18,19)20/h3-6H,7-8H2,1-2H3,(H,21,25)(H,22,26). The second-order valence-electron chi connectivity index (χ2n) is 5.79. The average Bonchev–Trinajstić information content (AvgIpc) is 2.92. The number of aromatic nitrogens is 1. The fourth-order valence-electron chi connectivity index (χ4n) is 2.17. The molecule has 0 spiro atoms. The molecular weight excluding hydrogens is 389 g/mol. The molecular formula is C16H16ClF3N4O3. The van der Waals surface area contributed by atoms with Crippen LogP contribution in [0.3, 0.4) is 0 Å². The van der Waals surface area contributed by atoms with Gasteiger partial charge in [-0.3, -0.25) is 19.8 Å². The molecule has 27 heavy (non-hydrogen) atoms. The number of carbonyl (C=O) groups is 2. The molecule has 0 aliphatic carbocycles. The molecule has 2 rings (SSSR count). The Balaban J connectivity index is 1.88. The third kappa shape index (κ3) is 6.26. The number of benzene rings is 1. The average molecular weight is 405 g/mol. The van der Waals surface area contributed by atoms with Gasteiger partial charge in [0.2, 0.25) is 17.7 Å². The topological polar surface area (TPSA) is 87.5 Å². The van der Waals surface area contributed by atoms with Gasteiger partial charge in [0, 0.05) is 11.8 Å². The molecule has 2 amide bonds. The van der Waals surface area contributed by atoms with Gasteiger partial charge in [-0.15, -0.1) is 0 Å². The first kappa shape index (κ1) is 20.7. The lowest BCUT2D eigenvalue weighted by Gasteiger charge is -2.16. The van der Waals surface area contributed by atoms with Crippen molar-refractivity contribution in [3.8, 4) is 0 Å². The molecule has 0 radical (unpaired) electrons. The quantitative estimate of drug-likeness (QED) is 0.772. The summed E-state index contributed by atoms with van der Waals surface area (Å²) in [5.74, 6) is -0.847. The molecule has 11 heteroatoms. The Morgan fingerprint density at radius 3 is 2.37 bits per heavy atom. The van der Waals surface area contributed by atoms with Gasteiger partial charge in [0.05, 0.1) is 29.4 Å². The van der Waals surface area contributed by atoms with Crippen LogP contribution >= 0.6 is 11.6 Å². The Labute approximate surface area is 157 Å². The number of hydrogen-bond acceptors (Lipinski definition) is 5. The molecule has 2 aromatic rings. The van der Waals surface area contributed by atoms with Crippen LogP contribution in [0.2, 0.25) is 5.02 Å². The highest BCUT2D eigenvalue weighted by atomic mass is 35.5. The summed E-state index contributed by atoms with van der Waals surface area (Å²) in [4.78, 5) is 25.2. The first-order valence-corrected chi connectivity index (χ1v) is 8.00. The summed E-state index contributed by atoms with van der Waals surface area (Å²) in [6.07, 6.45) is -4.63. The van der Waals surface area contributed by atoms with Crippen molar-refractivity contribution in [1.82, 2.24) is 10.1 Å². The van der Waals surface area contributed by atoms with Crippen molar-refractivity contribution in [3.05, 3.63) is 40.5 Å². The molecule has 2 N–H and O–H groups in total. The van der Waals surface area contributed by atoms with Crippen molar-refractivity contribution in [3.63, 3.8) is 0 Å². The monoisotopic (exact) mass is 404 g/mol. The largest absolute Gasteiger partial charge is 0.417 e. The van der Waals surface area contributed by atoms with Gasteiger partial charge >= 0.3 is 6.18 Å². The first-order valence-electron chi connectivity index (χ1n) is 7.63. The first-order chi connectivity index (χ1) is 12.5. The summed E-state index contributed by atoms with van der Waals surface area (Å²) >= 11 is 5.53. The van der Waals surface area contributed by atoms with Crippen molar-refractivity contribution in [2.45, 2.75) is 13.1 Å². The van der Waals surface area contributed by atoms with Crippen LogP contribution in [0.1, 0.15) is 11.3 Å². The third-order valence-corrected chi connectivity index (χ3v) is 3.60. The van der Waals surface area contributed by atoms with Crippen LogP contribution in [-0.4, -0.2) is 42.0 Å². The summed E-state index contributed by atoms with van der Waals surface area (Å²) in [6, 6.07) is 4.59. The van der Waals surface area contributed by atoms with Gasteiger partial charge in [-0.2, -0.15) is 13.2 Å². The normalized spacial score (nSPS) is 11.5. The molecule has 0 fully saturated rings. The molecule has 0 atom stereocenters. The molecule has 146 valence electrons. The van der Waals surface area contributed by atoms with E-state index < -0.39 is 28.6 Å². The smallest absolute Gasteiger partial charge is 0.338 e. The van der Waals surface area contributed by atoms with E-state index in [2.05, 4.69) is 15.8 Å². The highest BCUT2D eigenvalue weighted by Crippen LogP contribution is 2.36. The molecule has 0 saturated heterocycles. The van der Waals surface area contributed by atoms with Crippen LogP contribution in [0.25, 0.3) is 0 Å². The lowest BCUT2D eigenvalue weighted by Crippen LogP contribution is -2.36. The molecule has 1 heterocycles. The van der Waals surface area contributed by atoms with Crippen molar-refractivity contribution in [1.29, 1.82) is 0 Å². The zero-order valence-corrected chi connectivity index (χ0v) is 15.1. The van der Waals surface area contributed by atoms with Crippen molar-refractivity contribution in [2.24, 2.45) is 0 Å². The molecule has 0 bridgehead atoms. The minimum atomic E-state index is -4.63. The number of aryl methyl sites for hydroxylation is 1. The molecule has 0 aliphatic heterocycles. The lowest BCUT2D eigenvalue weighted by atomic mass is 10.2. The minimum Gasteiger partial charge on any atom is -0.338 e.